The van der Waals surface area contributed by atoms with Crippen molar-refractivity contribution < 1.29 is 38.5 Å². The van der Waals surface area contributed by atoms with Crippen LogP contribution in [0.15, 0.2) is 54.6 Å². The van der Waals surface area contributed by atoms with E-state index in [0.717, 1.165) is 12.8 Å². The summed E-state index contributed by atoms with van der Waals surface area (Å²) in [5.41, 5.74) is -0.733. The Morgan fingerprint density at radius 2 is 1.87 bits per heavy atom. The molecule has 0 radical (unpaired) electrons. The van der Waals surface area contributed by atoms with Gasteiger partial charge in [0, 0.05) is 26.6 Å². The van der Waals surface area contributed by atoms with Gasteiger partial charge in [-0.05, 0) is 30.7 Å². The van der Waals surface area contributed by atoms with Gasteiger partial charge in [-0.1, -0.05) is 81.8 Å². The molecule has 11 heteroatoms. The minimum absolute atomic E-state index is 0.0787. The largest absolute Gasteiger partial charge is 0.455 e. The lowest BCUT2D eigenvalue weighted by molar-refractivity contribution is -0.163. The molecule has 5 bridgehead atoms. The number of amides is 3. The van der Waals surface area contributed by atoms with Crippen LogP contribution in [0.25, 0.3) is 0 Å². The van der Waals surface area contributed by atoms with Crippen molar-refractivity contribution in [1.29, 1.82) is 0 Å². The molecule has 2 fully saturated rings. The standard InChI is InChI=1S/C36H49N3O8/c1-5-6-18-38-19-12-8-11-15-28(41)37-26(22-45-4)31(24-13-9-7-10-14-24)46-35(44)29-27-16-17-36(47-27)30(29)33(42)39(32(36)34(38)43)25(21-40)20-23(2)3/h7-10,12-14,16-17,23,25-27,29-32,40H,5-6,11,15,18-22H2,1-4H3,(H,37,41)/b12-8-/t25-,26+,27-,29+,30+,31+,32-,36+/m1/s1. The maximum absolute atomic E-state index is 14.7. The van der Waals surface area contributed by atoms with Crippen molar-refractivity contribution in [3.05, 3.63) is 60.2 Å². The number of hydrogen-bond donors (Lipinski definition) is 2. The van der Waals surface area contributed by atoms with Gasteiger partial charge in [0.2, 0.25) is 17.7 Å². The average Bonchev–Trinajstić information content (AvgIpc) is 3.70. The third-order valence-electron chi connectivity index (χ3n) is 9.72. The fourth-order valence-corrected chi connectivity index (χ4v) is 7.61. The maximum Gasteiger partial charge on any atom is 0.313 e. The molecule has 0 aromatic heterocycles. The number of aliphatic hydroxyl groups excluding tert-OH is 1. The molecular formula is C36H49N3O8. The van der Waals surface area contributed by atoms with Gasteiger partial charge in [0.1, 0.15) is 23.7 Å². The zero-order valence-corrected chi connectivity index (χ0v) is 27.9. The molecule has 8 atom stereocenters. The molecule has 1 aromatic rings. The molecule has 1 aromatic carbocycles. The minimum Gasteiger partial charge on any atom is -0.455 e. The Kier molecular flexibility index (Phi) is 11.2. The fraction of sp³-hybridized carbons (Fsp3) is 0.611. The van der Waals surface area contributed by atoms with Crippen molar-refractivity contribution in [1.82, 2.24) is 15.1 Å². The molecule has 3 amide bonds. The number of fused-ring (bicyclic) bond motifs is 2. The number of carbonyl (C=O) groups is 4. The number of nitrogens with zero attached hydrogens (tertiary/aromatic N) is 2. The number of nitrogens with one attached hydrogen (secondary N) is 1. The molecule has 256 valence electrons. The monoisotopic (exact) mass is 651 g/mol. The Hall–Kier alpha value is -3.54. The van der Waals surface area contributed by atoms with E-state index >= 15 is 0 Å². The van der Waals surface area contributed by atoms with Crippen LogP contribution in [-0.2, 0) is 33.4 Å². The number of unbranched alkanes of at least 4 members (excludes halogenated alkanes) is 1. The van der Waals surface area contributed by atoms with E-state index in [4.69, 9.17) is 14.2 Å². The summed E-state index contributed by atoms with van der Waals surface area (Å²) in [6.07, 6.45) is 8.32. The molecular weight excluding hydrogens is 602 g/mol. The lowest BCUT2D eigenvalue weighted by Gasteiger charge is -2.39. The van der Waals surface area contributed by atoms with Crippen molar-refractivity contribution in [2.24, 2.45) is 17.8 Å². The van der Waals surface area contributed by atoms with E-state index in [1.54, 1.807) is 17.1 Å². The van der Waals surface area contributed by atoms with Crippen LogP contribution in [-0.4, -0.2) is 102 Å². The van der Waals surface area contributed by atoms with Crippen molar-refractivity contribution in [2.75, 3.05) is 33.4 Å². The molecule has 0 unspecified atom stereocenters. The number of cyclic esters (lactones) is 1. The van der Waals surface area contributed by atoms with Crippen LogP contribution >= 0.6 is 0 Å². The zero-order valence-electron chi connectivity index (χ0n) is 27.9. The topological polar surface area (TPSA) is 135 Å². The number of aliphatic hydroxyl groups is 1. The molecule has 2 N–H and O–H groups in total. The second kappa shape index (κ2) is 15.1. The number of carbonyl (C=O) groups excluding carboxylic acids is 4. The third kappa shape index (κ3) is 6.89. The highest BCUT2D eigenvalue weighted by atomic mass is 16.6. The zero-order chi connectivity index (χ0) is 33.7. The van der Waals surface area contributed by atoms with Gasteiger partial charge in [0.05, 0.1) is 37.3 Å². The van der Waals surface area contributed by atoms with Crippen LogP contribution in [0.3, 0.4) is 0 Å². The number of hydrogen-bond acceptors (Lipinski definition) is 8. The summed E-state index contributed by atoms with van der Waals surface area (Å²) in [6.45, 7) is 6.55. The Morgan fingerprint density at radius 3 is 2.55 bits per heavy atom. The summed E-state index contributed by atoms with van der Waals surface area (Å²) in [6, 6.07) is 6.71. The predicted octanol–water partition coefficient (Wildman–Crippen LogP) is 2.94. The SMILES string of the molecule is CCCCN1C/C=C\CCC(=O)N[C@@H](COC)[C@H](c2ccccc2)OC(=O)[C@@H]2[C@H]3C(=O)N([C@@H](CO)CC(C)C)[C@H](C1=O)[C@]31C=C[C@H]2O1. The maximum atomic E-state index is 14.7. The predicted molar refractivity (Wildman–Crippen MR) is 174 cm³/mol. The number of rotatable bonds is 10. The summed E-state index contributed by atoms with van der Waals surface area (Å²) in [5.74, 6) is -3.50. The van der Waals surface area contributed by atoms with Crippen LogP contribution in [0.4, 0.5) is 0 Å². The fourth-order valence-electron chi connectivity index (χ4n) is 7.61. The van der Waals surface area contributed by atoms with Gasteiger partial charge >= 0.3 is 5.97 Å². The van der Waals surface area contributed by atoms with Crippen molar-refractivity contribution in [2.45, 2.75) is 88.8 Å². The van der Waals surface area contributed by atoms with Gasteiger partial charge in [0.25, 0.3) is 0 Å². The summed E-state index contributed by atoms with van der Waals surface area (Å²) in [4.78, 5) is 60.0. The van der Waals surface area contributed by atoms with Gasteiger partial charge in [-0.2, -0.15) is 0 Å². The van der Waals surface area contributed by atoms with E-state index in [1.165, 1.54) is 12.0 Å². The first kappa shape index (κ1) is 34.8. The average molecular weight is 652 g/mol. The number of benzene rings is 1. The first-order valence-corrected chi connectivity index (χ1v) is 16.9. The Balaban J connectivity index is 1.61. The van der Waals surface area contributed by atoms with Gasteiger partial charge in [-0.3, -0.25) is 19.2 Å². The lowest BCUT2D eigenvalue weighted by atomic mass is 9.74. The van der Waals surface area contributed by atoms with Crippen molar-refractivity contribution in [3.8, 4) is 0 Å². The van der Waals surface area contributed by atoms with Gasteiger partial charge in [0.15, 0.2) is 0 Å². The smallest absolute Gasteiger partial charge is 0.313 e. The molecule has 4 heterocycles. The molecule has 1 spiro atoms. The van der Waals surface area contributed by atoms with Gasteiger partial charge < -0.3 is 34.4 Å². The van der Waals surface area contributed by atoms with Crippen molar-refractivity contribution in [3.63, 3.8) is 0 Å². The van der Waals surface area contributed by atoms with E-state index in [2.05, 4.69) is 5.32 Å². The van der Waals surface area contributed by atoms with Gasteiger partial charge in [-0.25, -0.2) is 0 Å². The van der Waals surface area contributed by atoms with E-state index in [1.807, 2.05) is 63.3 Å². The van der Waals surface area contributed by atoms with Crippen LogP contribution < -0.4 is 5.32 Å². The van der Waals surface area contributed by atoms with E-state index in [9.17, 15) is 24.3 Å². The molecule has 4 aliphatic rings. The molecule has 4 aliphatic heterocycles. The van der Waals surface area contributed by atoms with Crippen LogP contribution in [0.2, 0.25) is 0 Å². The van der Waals surface area contributed by atoms with E-state index < -0.39 is 59.6 Å². The quantitative estimate of drug-likeness (QED) is 0.292. The molecule has 47 heavy (non-hydrogen) atoms. The number of likely N-dealkylation sites (tertiary alicyclic amines) is 1. The number of methoxy groups -OCH3 is 1. The molecule has 2 saturated heterocycles. The summed E-state index contributed by atoms with van der Waals surface area (Å²) >= 11 is 0. The Labute approximate surface area is 277 Å². The Bertz CT molecular complexity index is 1350. The third-order valence-corrected chi connectivity index (χ3v) is 9.72. The molecule has 11 nitrogen and oxygen atoms in total. The summed E-state index contributed by atoms with van der Waals surface area (Å²) in [7, 11) is 1.52. The normalized spacial score (nSPS) is 32.5. The van der Waals surface area contributed by atoms with E-state index in [0.29, 0.717) is 24.9 Å². The van der Waals surface area contributed by atoms with Crippen LogP contribution in [0, 0.1) is 17.8 Å². The Morgan fingerprint density at radius 1 is 1.11 bits per heavy atom. The first-order valence-electron chi connectivity index (χ1n) is 16.9. The van der Waals surface area contributed by atoms with Crippen LogP contribution in [0.5, 0.6) is 0 Å². The second-order valence-corrected chi connectivity index (χ2v) is 13.5. The number of allylic oxidation sites excluding steroid dienone is 1. The summed E-state index contributed by atoms with van der Waals surface area (Å²) < 4.78 is 18.3. The highest BCUT2D eigenvalue weighted by Gasteiger charge is 2.74. The van der Waals surface area contributed by atoms with E-state index in [-0.39, 0.29) is 43.9 Å². The van der Waals surface area contributed by atoms with Crippen molar-refractivity contribution >= 4 is 23.7 Å². The molecule has 0 saturated carbocycles. The van der Waals surface area contributed by atoms with Gasteiger partial charge in [-0.15, -0.1) is 0 Å². The first-order chi connectivity index (χ1) is 22.7. The van der Waals surface area contributed by atoms with Crippen LogP contribution in [0.1, 0.15) is 64.5 Å². The highest BCUT2D eigenvalue weighted by Crippen LogP contribution is 2.56. The summed E-state index contributed by atoms with van der Waals surface area (Å²) in [5, 5.41) is 13.6. The minimum atomic E-state index is -1.39. The second-order valence-electron chi connectivity index (χ2n) is 13.5. The number of esters is 1. The molecule has 5 rings (SSSR count). The highest BCUT2D eigenvalue weighted by molar-refractivity contribution is 5.99. The lowest BCUT2D eigenvalue weighted by Crippen LogP contribution is -2.58. The molecule has 0 aliphatic carbocycles. The number of ether oxygens (including phenoxy) is 3.